The topological polar surface area (TPSA) is 62.3 Å². The minimum Gasteiger partial charge on any atom is -0.338 e. The lowest BCUT2D eigenvalue weighted by Crippen LogP contribution is -2.28. The molecule has 0 unspecified atom stereocenters. The van der Waals surface area contributed by atoms with Crippen LogP contribution in [0.1, 0.15) is 17.5 Å². The first-order valence-electron chi connectivity index (χ1n) is 9.09. The maximum absolute atomic E-state index is 12.8. The summed E-state index contributed by atoms with van der Waals surface area (Å²) in [4.78, 5) is 31.3. The molecule has 0 bridgehead atoms. The minimum atomic E-state index is -0.339. The summed E-state index contributed by atoms with van der Waals surface area (Å²) in [5.41, 5.74) is 3.75. The molecule has 1 atom stereocenters. The molecule has 2 aromatic carbocycles. The number of pyridine rings is 1. The van der Waals surface area contributed by atoms with Crippen LogP contribution in [0.25, 0.3) is 10.9 Å². The van der Waals surface area contributed by atoms with E-state index in [0.29, 0.717) is 13.1 Å². The summed E-state index contributed by atoms with van der Waals surface area (Å²) in [5, 5.41) is 3.91. The van der Waals surface area contributed by atoms with Crippen LogP contribution >= 0.6 is 0 Å². The van der Waals surface area contributed by atoms with Crippen LogP contribution < -0.4 is 5.32 Å². The lowest BCUT2D eigenvalue weighted by atomic mass is 10.1. The van der Waals surface area contributed by atoms with E-state index >= 15 is 0 Å². The molecule has 1 aliphatic rings. The number of hydrogen-bond donors (Lipinski definition) is 1. The van der Waals surface area contributed by atoms with Crippen molar-refractivity contribution < 1.29 is 9.59 Å². The predicted molar refractivity (Wildman–Crippen MR) is 105 cm³/mol. The van der Waals surface area contributed by atoms with E-state index in [-0.39, 0.29) is 24.2 Å². The number of benzene rings is 2. The van der Waals surface area contributed by atoms with Crippen molar-refractivity contribution >= 4 is 28.4 Å². The molecule has 27 heavy (non-hydrogen) atoms. The first-order chi connectivity index (χ1) is 13.1. The van der Waals surface area contributed by atoms with Gasteiger partial charge in [-0.3, -0.25) is 14.6 Å². The number of amides is 2. The fraction of sp³-hybridized carbons (Fsp3) is 0.227. The van der Waals surface area contributed by atoms with Crippen LogP contribution in [0.15, 0.2) is 60.8 Å². The van der Waals surface area contributed by atoms with Gasteiger partial charge in [-0.05, 0) is 36.2 Å². The SMILES string of the molecule is Cc1ccc(NC(=O)[C@H]2CC(=O)N(Cc3ccccc3)C2)c2cccnc12. The lowest BCUT2D eigenvalue weighted by molar-refractivity contribution is -0.128. The van der Waals surface area contributed by atoms with Gasteiger partial charge in [0.05, 0.1) is 17.1 Å². The first-order valence-corrected chi connectivity index (χ1v) is 9.09. The molecule has 0 saturated carbocycles. The maximum Gasteiger partial charge on any atom is 0.229 e. The minimum absolute atomic E-state index is 0.0226. The standard InChI is InChI=1S/C22H21N3O2/c1-15-9-10-19(18-8-5-11-23-21(15)18)24-22(27)17-12-20(26)25(14-17)13-16-6-3-2-4-7-16/h2-11,17H,12-14H2,1H3,(H,24,27)/t17-/m0/s1. The molecule has 0 spiro atoms. The molecule has 4 rings (SSSR count). The highest BCUT2D eigenvalue weighted by atomic mass is 16.2. The summed E-state index contributed by atoms with van der Waals surface area (Å²) in [6.45, 7) is 2.99. The third-order valence-electron chi connectivity index (χ3n) is 5.03. The zero-order chi connectivity index (χ0) is 18.8. The number of nitrogens with one attached hydrogen (secondary N) is 1. The van der Waals surface area contributed by atoms with Crippen molar-refractivity contribution in [2.75, 3.05) is 11.9 Å². The van der Waals surface area contributed by atoms with E-state index in [1.54, 1.807) is 11.1 Å². The van der Waals surface area contributed by atoms with Gasteiger partial charge in [0.25, 0.3) is 0 Å². The lowest BCUT2D eigenvalue weighted by Gasteiger charge is -2.17. The van der Waals surface area contributed by atoms with Crippen molar-refractivity contribution in [1.29, 1.82) is 0 Å². The Balaban J connectivity index is 1.48. The van der Waals surface area contributed by atoms with E-state index in [0.717, 1.165) is 27.7 Å². The van der Waals surface area contributed by atoms with Crippen molar-refractivity contribution in [2.24, 2.45) is 5.92 Å². The van der Waals surface area contributed by atoms with E-state index < -0.39 is 0 Å². The van der Waals surface area contributed by atoms with Crippen molar-refractivity contribution in [3.8, 4) is 0 Å². The van der Waals surface area contributed by atoms with Crippen LogP contribution in [0.4, 0.5) is 5.69 Å². The van der Waals surface area contributed by atoms with E-state index in [4.69, 9.17) is 0 Å². The maximum atomic E-state index is 12.8. The third-order valence-corrected chi connectivity index (χ3v) is 5.03. The molecule has 1 fully saturated rings. The highest BCUT2D eigenvalue weighted by Crippen LogP contribution is 2.27. The van der Waals surface area contributed by atoms with E-state index in [1.165, 1.54) is 0 Å². The van der Waals surface area contributed by atoms with Gasteiger partial charge in [-0.2, -0.15) is 0 Å². The number of hydrogen-bond acceptors (Lipinski definition) is 3. The Morgan fingerprint density at radius 3 is 2.78 bits per heavy atom. The number of carbonyl (C=O) groups is 2. The highest BCUT2D eigenvalue weighted by Gasteiger charge is 2.34. The normalized spacial score (nSPS) is 16.7. The van der Waals surface area contributed by atoms with Crippen molar-refractivity contribution in [1.82, 2.24) is 9.88 Å². The Labute approximate surface area is 158 Å². The third kappa shape index (κ3) is 3.53. The Bertz CT molecular complexity index is 1000. The van der Waals surface area contributed by atoms with Gasteiger partial charge >= 0.3 is 0 Å². The fourth-order valence-corrected chi connectivity index (χ4v) is 3.56. The second kappa shape index (κ2) is 7.19. The predicted octanol–water partition coefficient (Wildman–Crippen LogP) is 3.53. The summed E-state index contributed by atoms with van der Waals surface area (Å²) >= 11 is 0. The number of aryl methyl sites for hydroxylation is 1. The Kier molecular flexibility index (Phi) is 4.59. The molecule has 0 radical (unpaired) electrons. The van der Waals surface area contributed by atoms with E-state index in [2.05, 4.69) is 10.3 Å². The Hall–Kier alpha value is -3.21. The zero-order valence-corrected chi connectivity index (χ0v) is 15.2. The van der Waals surface area contributed by atoms with Gasteiger partial charge in [-0.1, -0.05) is 36.4 Å². The molecular weight excluding hydrogens is 338 g/mol. The molecule has 2 heterocycles. The average molecular weight is 359 g/mol. The number of carbonyl (C=O) groups excluding carboxylic acids is 2. The molecule has 5 heteroatoms. The second-order valence-electron chi connectivity index (χ2n) is 6.98. The van der Waals surface area contributed by atoms with Gasteiger partial charge in [0.15, 0.2) is 0 Å². The van der Waals surface area contributed by atoms with Crippen LogP contribution in [0.2, 0.25) is 0 Å². The average Bonchev–Trinajstić information content (AvgIpc) is 3.06. The summed E-state index contributed by atoms with van der Waals surface area (Å²) in [6.07, 6.45) is 2.00. The highest BCUT2D eigenvalue weighted by molar-refractivity contribution is 6.04. The first kappa shape index (κ1) is 17.2. The summed E-state index contributed by atoms with van der Waals surface area (Å²) in [6, 6.07) is 17.5. The number of rotatable bonds is 4. The molecule has 5 nitrogen and oxygen atoms in total. The largest absolute Gasteiger partial charge is 0.338 e. The molecule has 2 amide bonds. The number of fused-ring (bicyclic) bond motifs is 1. The monoisotopic (exact) mass is 359 g/mol. The van der Waals surface area contributed by atoms with Crippen LogP contribution in [0.3, 0.4) is 0 Å². The number of aromatic nitrogens is 1. The van der Waals surface area contributed by atoms with Gasteiger partial charge in [0, 0.05) is 31.1 Å². The van der Waals surface area contributed by atoms with Crippen molar-refractivity contribution in [2.45, 2.75) is 19.9 Å². The fourth-order valence-electron chi connectivity index (χ4n) is 3.56. The number of anilines is 1. The van der Waals surface area contributed by atoms with Crippen molar-refractivity contribution in [3.63, 3.8) is 0 Å². The summed E-state index contributed by atoms with van der Waals surface area (Å²) in [7, 11) is 0. The zero-order valence-electron chi connectivity index (χ0n) is 15.2. The molecule has 0 aliphatic carbocycles. The molecular formula is C22H21N3O2. The molecule has 3 aromatic rings. The number of nitrogens with zero attached hydrogens (tertiary/aromatic N) is 2. The van der Waals surface area contributed by atoms with E-state index in [9.17, 15) is 9.59 Å². The molecule has 1 N–H and O–H groups in total. The summed E-state index contributed by atoms with van der Waals surface area (Å²) < 4.78 is 0. The smallest absolute Gasteiger partial charge is 0.229 e. The van der Waals surface area contributed by atoms with Crippen LogP contribution in [0.5, 0.6) is 0 Å². The quantitative estimate of drug-likeness (QED) is 0.775. The molecule has 136 valence electrons. The number of likely N-dealkylation sites (tertiary alicyclic amines) is 1. The van der Waals surface area contributed by atoms with Crippen molar-refractivity contribution in [3.05, 3.63) is 71.9 Å². The molecule has 1 aromatic heterocycles. The van der Waals surface area contributed by atoms with Gasteiger partial charge in [0.1, 0.15) is 0 Å². The second-order valence-corrected chi connectivity index (χ2v) is 6.98. The van der Waals surface area contributed by atoms with Crippen LogP contribution in [-0.4, -0.2) is 28.2 Å². The van der Waals surface area contributed by atoms with Crippen LogP contribution in [-0.2, 0) is 16.1 Å². The Morgan fingerprint density at radius 1 is 1.15 bits per heavy atom. The van der Waals surface area contributed by atoms with Gasteiger partial charge in [0.2, 0.25) is 11.8 Å². The van der Waals surface area contributed by atoms with Gasteiger partial charge in [-0.25, -0.2) is 0 Å². The molecule has 1 saturated heterocycles. The van der Waals surface area contributed by atoms with Gasteiger partial charge in [-0.15, -0.1) is 0 Å². The van der Waals surface area contributed by atoms with Gasteiger partial charge < -0.3 is 10.2 Å². The van der Waals surface area contributed by atoms with Crippen LogP contribution in [0, 0.1) is 12.8 Å². The summed E-state index contributed by atoms with van der Waals surface area (Å²) in [5.74, 6) is -0.434. The van der Waals surface area contributed by atoms with E-state index in [1.807, 2.05) is 61.5 Å². The Morgan fingerprint density at radius 2 is 1.96 bits per heavy atom. The molecule has 1 aliphatic heterocycles.